The molecule has 42 heavy (non-hydrogen) atoms. The fraction of sp³-hybridized carbons (Fsp3) is 0.222. The molecule has 0 spiro atoms. The smallest absolute Gasteiger partial charge is 0.127 e. The van der Waals surface area contributed by atoms with Gasteiger partial charge in [-0.25, -0.2) is 0 Å². The lowest BCUT2D eigenvalue weighted by Crippen LogP contribution is -2.53. The SMILES string of the molecule is CC(C)(c1ccc(Oc2ccc(N)cc2)cc1)c1ccc(Oc2ccc(N)cc2)cc1.CCCC1C=CC=CC1(N)N. The molecule has 0 aromatic heterocycles. The normalized spacial score (nSPS) is 15.4. The Kier molecular flexibility index (Phi) is 9.73. The molecule has 0 aliphatic heterocycles. The maximum atomic E-state index is 5.91. The van der Waals surface area contributed by atoms with E-state index in [1.807, 2.05) is 91.0 Å². The topological polar surface area (TPSA) is 123 Å². The van der Waals surface area contributed by atoms with Gasteiger partial charge >= 0.3 is 0 Å². The maximum Gasteiger partial charge on any atom is 0.127 e. The van der Waals surface area contributed by atoms with Gasteiger partial charge in [0.25, 0.3) is 0 Å². The van der Waals surface area contributed by atoms with Gasteiger partial charge in [-0.05, 0) is 96.4 Å². The summed E-state index contributed by atoms with van der Waals surface area (Å²) in [5.41, 5.74) is 26.2. The fourth-order valence-electron chi connectivity index (χ4n) is 4.76. The van der Waals surface area contributed by atoms with Crippen LogP contribution in [0.15, 0.2) is 121 Å². The molecule has 1 atom stereocenters. The summed E-state index contributed by atoms with van der Waals surface area (Å²) in [6.45, 7) is 6.56. The van der Waals surface area contributed by atoms with Crippen LogP contribution in [0.3, 0.4) is 0 Å². The summed E-state index contributed by atoms with van der Waals surface area (Å²) in [5, 5.41) is 0. The summed E-state index contributed by atoms with van der Waals surface area (Å²) in [4.78, 5) is 0. The number of nitrogens with two attached hydrogens (primary N) is 4. The number of ether oxygens (including phenoxy) is 2. The summed E-state index contributed by atoms with van der Waals surface area (Å²) >= 11 is 0. The minimum atomic E-state index is -0.620. The predicted molar refractivity (Wildman–Crippen MR) is 175 cm³/mol. The average Bonchev–Trinajstić information content (AvgIpc) is 2.98. The molecule has 0 fully saturated rings. The largest absolute Gasteiger partial charge is 0.457 e. The molecule has 5 rings (SSSR count). The van der Waals surface area contributed by atoms with Gasteiger partial charge in [0.1, 0.15) is 23.0 Å². The number of hydrogen-bond donors (Lipinski definition) is 4. The van der Waals surface area contributed by atoms with Crippen LogP contribution < -0.4 is 32.4 Å². The highest BCUT2D eigenvalue weighted by Crippen LogP contribution is 2.35. The molecule has 0 saturated heterocycles. The summed E-state index contributed by atoms with van der Waals surface area (Å²) in [5.74, 6) is 3.40. The first-order valence-corrected chi connectivity index (χ1v) is 14.3. The van der Waals surface area contributed by atoms with Gasteiger partial charge in [0.2, 0.25) is 0 Å². The number of benzene rings is 4. The van der Waals surface area contributed by atoms with E-state index in [9.17, 15) is 0 Å². The second-order valence-corrected chi connectivity index (χ2v) is 11.2. The van der Waals surface area contributed by atoms with Gasteiger partial charge in [0.05, 0.1) is 5.66 Å². The molecule has 6 heteroatoms. The lowest BCUT2D eigenvalue weighted by Gasteiger charge is -2.30. The monoisotopic (exact) mass is 562 g/mol. The summed E-state index contributed by atoms with van der Waals surface area (Å²) < 4.78 is 11.8. The lowest BCUT2D eigenvalue weighted by atomic mass is 9.78. The van der Waals surface area contributed by atoms with Crippen LogP contribution in [0.25, 0.3) is 0 Å². The number of nitrogen functional groups attached to an aromatic ring is 2. The van der Waals surface area contributed by atoms with Gasteiger partial charge in [0.15, 0.2) is 0 Å². The Hall–Kier alpha value is -4.52. The molecule has 0 amide bonds. The molecule has 1 aliphatic carbocycles. The Bertz CT molecular complexity index is 1380. The highest BCUT2D eigenvalue weighted by molar-refractivity contribution is 5.46. The van der Waals surface area contributed by atoms with Crippen molar-refractivity contribution in [3.8, 4) is 23.0 Å². The second kappa shape index (κ2) is 13.4. The Morgan fingerprint density at radius 1 is 0.619 bits per heavy atom. The fourth-order valence-corrected chi connectivity index (χ4v) is 4.76. The number of rotatable bonds is 8. The van der Waals surface area contributed by atoms with Crippen LogP contribution in [0.5, 0.6) is 23.0 Å². The zero-order chi connectivity index (χ0) is 30.2. The molecular formula is C36H42N4O2. The van der Waals surface area contributed by atoms with Crippen molar-refractivity contribution in [2.75, 3.05) is 11.5 Å². The number of allylic oxidation sites excluding steroid dienone is 2. The molecule has 8 N–H and O–H groups in total. The third-order valence-electron chi connectivity index (χ3n) is 7.46. The van der Waals surface area contributed by atoms with E-state index >= 15 is 0 Å². The first-order valence-electron chi connectivity index (χ1n) is 14.3. The van der Waals surface area contributed by atoms with Crippen molar-refractivity contribution in [2.24, 2.45) is 17.4 Å². The van der Waals surface area contributed by atoms with Crippen LogP contribution >= 0.6 is 0 Å². The molecular weight excluding hydrogens is 520 g/mol. The van der Waals surface area contributed by atoms with Crippen molar-refractivity contribution in [1.82, 2.24) is 0 Å². The van der Waals surface area contributed by atoms with Crippen LogP contribution in [0.4, 0.5) is 11.4 Å². The standard InChI is InChI=1S/C27H26N2O2.C9H16N2/c1-27(2,19-3-11-23(12-4-19)30-25-15-7-21(28)8-16-25)20-5-13-24(14-6-20)31-26-17-9-22(29)10-18-26;1-2-5-8-6-3-4-7-9(8,10)11/h3-18H,28-29H2,1-2H3;3-4,6-8H,2,5,10-11H2,1H3. The van der Waals surface area contributed by atoms with Gasteiger partial charge in [-0.1, -0.05) is 69.7 Å². The van der Waals surface area contributed by atoms with E-state index in [0.717, 1.165) is 35.8 Å². The summed E-state index contributed by atoms with van der Waals surface area (Å²) in [6.07, 6.45) is 10.1. The van der Waals surface area contributed by atoms with Gasteiger partial charge in [0, 0.05) is 22.7 Å². The minimum absolute atomic E-state index is 0.167. The summed E-state index contributed by atoms with van der Waals surface area (Å²) in [6, 6.07) is 31.1. The van der Waals surface area contributed by atoms with Crippen LogP contribution in [0.2, 0.25) is 0 Å². The number of anilines is 2. The predicted octanol–water partition coefficient (Wildman–Crippen LogP) is 7.90. The van der Waals surface area contributed by atoms with E-state index in [-0.39, 0.29) is 5.41 Å². The molecule has 4 aromatic carbocycles. The van der Waals surface area contributed by atoms with E-state index in [2.05, 4.69) is 51.1 Å². The Morgan fingerprint density at radius 2 is 1.00 bits per heavy atom. The lowest BCUT2D eigenvalue weighted by molar-refractivity contribution is 0.378. The van der Waals surface area contributed by atoms with Crippen molar-refractivity contribution in [1.29, 1.82) is 0 Å². The molecule has 0 heterocycles. The third kappa shape index (κ3) is 8.03. The molecule has 1 aliphatic rings. The molecule has 1 unspecified atom stereocenters. The number of hydrogen-bond acceptors (Lipinski definition) is 6. The first kappa shape index (κ1) is 30.4. The van der Waals surface area contributed by atoms with E-state index in [4.69, 9.17) is 32.4 Å². The highest BCUT2D eigenvalue weighted by atomic mass is 16.5. The molecule has 6 nitrogen and oxygen atoms in total. The van der Waals surface area contributed by atoms with Crippen molar-refractivity contribution in [2.45, 2.75) is 44.7 Å². The van der Waals surface area contributed by atoms with E-state index in [1.54, 1.807) is 0 Å². The van der Waals surface area contributed by atoms with Gasteiger partial charge in [-0.3, -0.25) is 0 Å². The van der Waals surface area contributed by atoms with Gasteiger partial charge in [-0.15, -0.1) is 0 Å². The van der Waals surface area contributed by atoms with Gasteiger partial charge < -0.3 is 32.4 Å². The Morgan fingerprint density at radius 3 is 1.36 bits per heavy atom. The third-order valence-corrected chi connectivity index (χ3v) is 7.46. The molecule has 0 bridgehead atoms. The quantitative estimate of drug-likeness (QED) is 0.128. The van der Waals surface area contributed by atoms with Crippen LogP contribution in [0.1, 0.15) is 44.7 Å². The van der Waals surface area contributed by atoms with E-state index < -0.39 is 5.66 Å². The van der Waals surface area contributed by atoms with Crippen LogP contribution in [-0.4, -0.2) is 5.66 Å². The average molecular weight is 563 g/mol. The Labute approximate surface area is 249 Å². The van der Waals surface area contributed by atoms with Crippen molar-refractivity contribution in [3.63, 3.8) is 0 Å². The van der Waals surface area contributed by atoms with E-state index in [0.29, 0.717) is 17.3 Å². The van der Waals surface area contributed by atoms with Crippen LogP contribution in [0, 0.1) is 5.92 Å². The van der Waals surface area contributed by atoms with Gasteiger partial charge in [-0.2, -0.15) is 0 Å². The van der Waals surface area contributed by atoms with Crippen molar-refractivity contribution in [3.05, 3.63) is 132 Å². The molecule has 218 valence electrons. The highest BCUT2D eigenvalue weighted by Gasteiger charge is 2.26. The zero-order valence-electron chi connectivity index (χ0n) is 24.7. The Balaban J connectivity index is 0.000000310. The van der Waals surface area contributed by atoms with Crippen molar-refractivity contribution >= 4 is 11.4 Å². The maximum absolute atomic E-state index is 5.91. The van der Waals surface area contributed by atoms with Crippen LogP contribution in [-0.2, 0) is 5.41 Å². The van der Waals surface area contributed by atoms with Crippen molar-refractivity contribution < 1.29 is 9.47 Å². The zero-order valence-corrected chi connectivity index (χ0v) is 24.7. The minimum Gasteiger partial charge on any atom is -0.457 e. The first-order chi connectivity index (χ1) is 20.1. The summed E-state index contributed by atoms with van der Waals surface area (Å²) in [7, 11) is 0. The molecule has 4 aromatic rings. The van der Waals surface area contributed by atoms with E-state index in [1.165, 1.54) is 11.1 Å². The molecule has 0 radical (unpaired) electrons. The second-order valence-electron chi connectivity index (χ2n) is 11.2. The molecule has 0 saturated carbocycles.